The lowest BCUT2D eigenvalue weighted by molar-refractivity contribution is -0.137. The van der Waals surface area contributed by atoms with Crippen molar-refractivity contribution in [2.75, 3.05) is 45.3 Å². The van der Waals surface area contributed by atoms with Crippen molar-refractivity contribution in [2.24, 2.45) is 0 Å². The van der Waals surface area contributed by atoms with Crippen LogP contribution >= 0.6 is 0 Å². The molecule has 0 unspecified atom stereocenters. The molecule has 1 N–H and O–H groups in total. The molecular weight excluding hydrogens is 422 g/mol. The van der Waals surface area contributed by atoms with Crippen LogP contribution < -0.4 is 14.8 Å². The number of morpholine rings is 1. The first kappa shape index (κ1) is 23.8. The molecule has 1 fully saturated rings. The van der Waals surface area contributed by atoms with Gasteiger partial charge in [-0.3, -0.25) is 9.59 Å². The fraction of sp³-hybridized carbons (Fsp3) is 0.320. The molecule has 0 atom stereocenters. The fourth-order valence-corrected chi connectivity index (χ4v) is 3.27. The highest BCUT2D eigenvalue weighted by Crippen LogP contribution is 2.29. The van der Waals surface area contributed by atoms with Gasteiger partial charge in [-0.05, 0) is 47.9 Å². The van der Waals surface area contributed by atoms with Crippen molar-refractivity contribution in [3.05, 3.63) is 59.2 Å². The van der Waals surface area contributed by atoms with Crippen molar-refractivity contribution in [2.45, 2.75) is 13.3 Å². The smallest absolute Gasteiger partial charge is 0.266 e. The zero-order valence-electron chi connectivity index (χ0n) is 18.8. The third-order valence-electron chi connectivity index (χ3n) is 5.20. The van der Waals surface area contributed by atoms with E-state index in [1.807, 2.05) is 18.2 Å². The molecule has 1 aliphatic heterocycles. The number of benzene rings is 2. The molecule has 2 aromatic carbocycles. The minimum Gasteiger partial charge on any atom is -0.493 e. The fourth-order valence-electron chi connectivity index (χ4n) is 3.27. The summed E-state index contributed by atoms with van der Waals surface area (Å²) in [5.41, 5.74) is 2.31. The summed E-state index contributed by atoms with van der Waals surface area (Å²) in [6, 6.07) is 14.4. The average molecular weight is 450 g/mol. The van der Waals surface area contributed by atoms with Gasteiger partial charge in [0.15, 0.2) is 18.1 Å². The number of aryl methyl sites for hydroxylation is 1. The normalized spacial score (nSPS) is 13.7. The van der Waals surface area contributed by atoms with Crippen LogP contribution in [0, 0.1) is 11.3 Å². The van der Waals surface area contributed by atoms with Gasteiger partial charge >= 0.3 is 0 Å². The molecule has 1 saturated heterocycles. The lowest BCUT2D eigenvalue weighted by Crippen LogP contribution is -2.43. The summed E-state index contributed by atoms with van der Waals surface area (Å²) in [6.45, 7) is 4.07. The number of anilines is 1. The van der Waals surface area contributed by atoms with E-state index >= 15 is 0 Å². The van der Waals surface area contributed by atoms with Gasteiger partial charge < -0.3 is 24.4 Å². The topological polar surface area (TPSA) is 101 Å². The highest BCUT2D eigenvalue weighted by molar-refractivity contribution is 6.09. The molecule has 3 rings (SSSR count). The Morgan fingerprint density at radius 2 is 1.88 bits per heavy atom. The van der Waals surface area contributed by atoms with Crippen LogP contribution in [0.4, 0.5) is 5.69 Å². The number of hydrogen-bond acceptors (Lipinski definition) is 6. The van der Waals surface area contributed by atoms with Crippen molar-refractivity contribution in [3.8, 4) is 17.6 Å². The largest absolute Gasteiger partial charge is 0.493 e. The molecule has 0 aromatic heterocycles. The Kier molecular flexibility index (Phi) is 8.44. The van der Waals surface area contributed by atoms with Gasteiger partial charge in [0.25, 0.3) is 11.8 Å². The lowest BCUT2D eigenvalue weighted by atomic mass is 10.1. The molecule has 0 bridgehead atoms. The van der Waals surface area contributed by atoms with Gasteiger partial charge in [-0.25, -0.2) is 0 Å². The van der Waals surface area contributed by atoms with E-state index < -0.39 is 5.91 Å². The van der Waals surface area contributed by atoms with Crippen LogP contribution in [-0.2, 0) is 20.7 Å². The van der Waals surface area contributed by atoms with E-state index in [2.05, 4.69) is 12.2 Å². The number of carbonyl (C=O) groups is 2. The van der Waals surface area contributed by atoms with Crippen LogP contribution in [0.3, 0.4) is 0 Å². The van der Waals surface area contributed by atoms with E-state index in [9.17, 15) is 14.9 Å². The number of nitriles is 1. The van der Waals surface area contributed by atoms with E-state index in [-0.39, 0.29) is 18.1 Å². The number of rotatable bonds is 8. The molecular formula is C25H27N3O5. The summed E-state index contributed by atoms with van der Waals surface area (Å²) in [4.78, 5) is 26.5. The van der Waals surface area contributed by atoms with Crippen LogP contribution in [0.2, 0.25) is 0 Å². The number of nitrogens with one attached hydrogen (secondary N) is 1. The lowest BCUT2D eigenvalue weighted by Gasteiger charge is -2.26. The second-order valence-corrected chi connectivity index (χ2v) is 7.37. The molecule has 0 radical (unpaired) electrons. The number of methoxy groups -OCH3 is 1. The maximum Gasteiger partial charge on any atom is 0.266 e. The summed E-state index contributed by atoms with van der Waals surface area (Å²) >= 11 is 0. The molecule has 8 heteroatoms. The molecule has 0 aliphatic carbocycles. The van der Waals surface area contributed by atoms with E-state index in [1.54, 1.807) is 35.2 Å². The average Bonchev–Trinajstić information content (AvgIpc) is 2.86. The third-order valence-corrected chi connectivity index (χ3v) is 5.20. The number of ether oxygens (including phenoxy) is 3. The number of hydrogen-bond donors (Lipinski definition) is 1. The van der Waals surface area contributed by atoms with Crippen molar-refractivity contribution >= 4 is 23.6 Å². The molecule has 33 heavy (non-hydrogen) atoms. The first-order chi connectivity index (χ1) is 16.0. The van der Waals surface area contributed by atoms with Crippen molar-refractivity contribution < 1.29 is 23.8 Å². The second kappa shape index (κ2) is 11.7. The Hall–Kier alpha value is -3.83. The third kappa shape index (κ3) is 6.57. The zero-order chi connectivity index (χ0) is 23.6. The quantitative estimate of drug-likeness (QED) is 0.491. The minimum atomic E-state index is -0.503. The van der Waals surface area contributed by atoms with Gasteiger partial charge in [0.2, 0.25) is 0 Å². The van der Waals surface area contributed by atoms with Crippen LogP contribution in [0.1, 0.15) is 18.1 Å². The van der Waals surface area contributed by atoms with E-state index in [0.717, 1.165) is 12.0 Å². The first-order valence-electron chi connectivity index (χ1n) is 10.7. The molecule has 2 amide bonds. The predicted octanol–water partition coefficient (Wildman–Crippen LogP) is 3.04. The van der Waals surface area contributed by atoms with E-state index in [4.69, 9.17) is 14.2 Å². The van der Waals surface area contributed by atoms with Crippen LogP contribution in [-0.4, -0.2) is 56.7 Å². The number of nitrogens with zero attached hydrogens (tertiary/aromatic N) is 2. The highest BCUT2D eigenvalue weighted by Gasteiger charge is 2.18. The summed E-state index contributed by atoms with van der Waals surface area (Å²) in [7, 11) is 1.48. The Bertz CT molecular complexity index is 1050. The van der Waals surface area contributed by atoms with Gasteiger partial charge in [0.05, 0.1) is 20.3 Å². The molecule has 8 nitrogen and oxygen atoms in total. The van der Waals surface area contributed by atoms with Crippen molar-refractivity contribution in [1.82, 2.24) is 4.90 Å². The maximum absolute atomic E-state index is 12.5. The first-order valence-corrected chi connectivity index (χ1v) is 10.7. The molecule has 2 aromatic rings. The summed E-state index contributed by atoms with van der Waals surface area (Å²) in [6.07, 6.45) is 2.38. The zero-order valence-corrected chi connectivity index (χ0v) is 18.8. The molecule has 1 aliphatic rings. The standard InChI is InChI=1S/C25H27N3O5/c1-3-18-4-7-21(8-5-18)27-25(30)20(16-26)14-19-6-9-22(23(15-19)31-2)33-17-24(29)28-10-12-32-13-11-28/h4-9,14-15H,3,10-13,17H2,1-2H3,(H,27,30)/b20-14+. The van der Waals surface area contributed by atoms with E-state index in [1.165, 1.54) is 13.2 Å². The summed E-state index contributed by atoms with van der Waals surface area (Å²) in [5, 5.41) is 12.2. The van der Waals surface area contributed by atoms with Gasteiger partial charge in [-0.2, -0.15) is 5.26 Å². The Balaban J connectivity index is 1.67. The Labute approximate surface area is 193 Å². The minimum absolute atomic E-state index is 0.0483. The van der Waals surface area contributed by atoms with Crippen LogP contribution in [0.5, 0.6) is 11.5 Å². The predicted molar refractivity (Wildman–Crippen MR) is 124 cm³/mol. The molecule has 0 saturated carbocycles. The van der Waals surface area contributed by atoms with Gasteiger partial charge in [0.1, 0.15) is 11.6 Å². The molecule has 172 valence electrons. The second-order valence-electron chi connectivity index (χ2n) is 7.37. The van der Waals surface area contributed by atoms with Gasteiger partial charge in [-0.1, -0.05) is 25.1 Å². The van der Waals surface area contributed by atoms with Gasteiger partial charge in [-0.15, -0.1) is 0 Å². The number of amides is 2. The number of carbonyl (C=O) groups excluding carboxylic acids is 2. The Morgan fingerprint density at radius 1 is 1.15 bits per heavy atom. The van der Waals surface area contributed by atoms with Gasteiger partial charge in [0, 0.05) is 18.8 Å². The van der Waals surface area contributed by atoms with E-state index in [0.29, 0.717) is 49.1 Å². The van der Waals surface area contributed by atoms with Crippen LogP contribution in [0.15, 0.2) is 48.0 Å². The van der Waals surface area contributed by atoms with Crippen molar-refractivity contribution in [1.29, 1.82) is 5.26 Å². The molecule has 1 heterocycles. The summed E-state index contributed by atoms with van der Waals surface area (Å²) in [5.74, 6) is 0.165. The highest BCUT2D eigenvalue weighted by atomic mass is 16.5. The SMILES string of the molecule is CCc1ccc(NC(=O)/C(C#N)=C/c2ccc(OCC(=O)N3CCOCC3)c(OC)c2)cc1. The van der Waals surface area contributed by atoms with Crippen molar-refractivity contribution in [3.63, 3.8) is 0 Å². The molecule has 0 spiro atoms. The monoisotopic (exact) mass is 449 g/mol. The van der Waals surface area contributed by atoms with Crippen LogP contribution in [0.25, 0.3) is 6.08 Å². The Morgan fingerprint density at radius 3 is 2.52 bits per heavy atom. The summed E-state index contributed by atoms with van der Waals surface area (Å²) < 4.78 is 16.3. The maximum atomic E-state index is 12.5.